The van der Waals surface area contributed by atoms with Crippen LogP contribution in [0.1, 0.15) is 28.2 Å². The van der Waals surface area contributed by atoms with E-state index in [-0.39, 0.29) is 5.75 Å². The second-order valence-electron chi connectivity index (χ2n) is 4.97. The van der Waals surface area contributed by atoms with Gasteiger partial charge in [0.15, 0.2) is 0 Å². The van der Waals surface area contributed by atoms with Crippen LogP contribution in [0.5, 0.6) is 0 Å². The minimum atomic E-state index is -2.36. The van der Waals surface area contributed by atoms with Crippen molar-refractivity contribution in [3.05, 3.63) is 58.5 Å². The highest BCUT2D eigenvalue weighted by Crippen LogP contribution is 2.21. The van der Waals surface area contributed by atoms with Gasteiger partial charge in [-0.1, -0.05) is 35.5 Å². The molecule has 0 bridgehead atoms. The topological polar surface area (TPSA) is 25.2 Å². The molecule has 0 unspecified atom stereocenters. The largest absolute Gasteiger partial charge is 0.464 e. The van der Waals surface area contributed by atoms with E-state index in [0.717, 1.165) is 12.3 Å². The van der Waals surface area contributed by atoms with E-state index in [2.05, 4.69) is 37.4 Å². The van der Waals surface area contributed by atoms with Crippen LogP contribution < -0.4 is 5.32 Å². The fraction of sp³-hybridized carbons (Fsp3) is 0.375. The number of thioether (sulfide) groups is 1. The molecule has 0 aliphatic heterocycles. The first-order chi connectivity index (χ1) is 10.0. The summed E-state index contributed by atoms with van der Waals surface area (Å²) >= 11 is 0.574. The summed E-state index contributed by atoms with van der Waals surface area (Å²) in [5.41, 5.74) is 3.76. The number of halogens is 2. The van der Waals surface area contributed by atoms with Gasteiger partial charge in [-0.3, -0.25) is 0 Å². The Hall–Kier alpha value is -1.33. The minimum absolute atomic E-state index is 0.203. The van der Waals surface area contributed by atoms with Crippen LogP contribution in [-0.4, -0.2) is 5.76 Å². The Balaban J connectivity index is 1.80. The second-order valence-corrected chi connectivity index (χ2v) is 5.95. The summed E-state index contributed by atoms with van der Waals surface area (Å²) in [7, 11) is 0. The molecule has 21 heavy (non-hydrogen) atoms. The number of hydrogen-bond acceptors (Lipinski definition) is 3. The number of furan rings is 1. The van der Waals surface area contributed by atoms with Crippen LogP contribution in [-0.2, 0) is 18.8 Å². The Morgan fingerprint density at radius 1 is 1.10 bits per heavy atom. The van der Waals surface area contributed by atoms with Crippen molar-refractivity contribution >= 4 is 11.8 Å². The average molecular weight is 311 g/mol. The summed E-state index contributed by atoms with van der Waals surface area (Å²) in [6.45, 7) is 5.52. The zero-order valence-electron chi connectivity index (χ0n) is 12.2. The molecule has 0 fully saturated rings. The lowest BCUT2D eigenvalue weighted by Gasteiger charge is -2.07. The fourth-order valence-corrected chi connectivity index (χ4v) is 2.55. The van der Waals surface area contributed by atoms with E-state index in [1.807, 2.05) is 6.07 Å². The number of alkyl halides is 2. The van der Waals surface area contributed by atoms with Gasteiger partial charge in [0.2, 0.25) is 0 Å². The summed E-state index contributed by atoms with van der Waals surface area (Å²) in [6.07, 6.45) is 0. The highest BCUT2D eigenvalue weighted by molar-refractivity contribution is 7.98. The SMILES string of the molecule is Cc1ccc(CNCc2ccc(CSC(F)F)o2)c(C)c1. The predicted molar refractivity (Wildman–Crippen MR) is 82.5 cm³/mol. The molecule has 0 saturated carbocycles. The van der Waals surface area contributed by atoms with Crippen molar-refractivity contribution in [3.8, 4) is 0 Å². The van der Waals surface area contributed by atoms with Gasteiger partial charge in [0.1, 0.15) is 11.5 Å². The van der Waals surface area contributed by atoms with Crippen molar-refractivity contribution in [1.29, 1.82) is 0 Å². The second kappa shape index (κ2) is 7.61. The standard InChI is InChI=1S/C16H19F2NOS/c1-11-3-4-13(12(2)7-11)8-19-9-14-5-6-15(20-14)10-21-16(17)18/h3-7,16,19H,8-10H2,1-2H3. The molecule has 1 heterocycles. The monoisotopic (exact) mass is 311 g/mol. The van der Waals surface area contributed by atoms with E-state index in [9.17, 15) is 8.78 Å². The summed E-state index contributed by atoms with van der Waals surface area (Å²) in [5, 5.41) is 3.31. The first kappa shape index (κ1) is 16.0. The molecule has 0 aliphatic carbocycles. The molecule has 0 saturated heterocycles. The summed E-state index contributed by atoms with van der Waals surface area (Å²) in [6, 6.07) is 9.95. The molecule has 2 nitrogen and oxygen atoms in total. The van der Waals surface area contributed by atoms with E-state index >= 15 is 0 Å². The molecule has 0 radical (unpaired) electrons. The Bertz CT molecular complexity index is 583. The molecule has 0 spiro atoms. The lowest BCUT2D eigenvalue weighted by Crippen LogP contribution is -2.13. The maximum Gasteiger partial charge on any atom is 0.284 e. The normalized spacial score (nSPS) is 11.3. The van der Waals surface area contributed by atoms with Crippen LogP contribution in [0.3, 0.4) is 0 Å². The molecule has 114 valence electrons. The molecule has 0 atom stereocenters. The third kappa shape index (κ3) is 5.17. The number of aryl methyl sites for hydroxylation is 2. The molecule has 5 heteroatoms. The van der Waals surface area contributed by atoms with Crippen LogP contribution >= 0.6 is 11.8 Å². The maximum absolute atomic E-state index is 12.1. The third-order valence-electron chi connectivity index (χ3n) is 3.18. The van der Waals surface area contributed by atoms with E-state index in [4.69, 9.17) is 4.42 Å². The van der Waals surface area contributed by atoms with Crippen LogP contribution in [0.4, 0.5) is 8.78 Å². The van der Waals surface area contributed by atoms with Crippen LogP contribution in [0.25, 0.3) is 0 Å². The van der Waals surface area contributed by atoms with Crippen molar-refractivity contribution in [2.45, 2.75) is 38.4 Å². The Labute approximate surface area is 127 Å². The van der Waals surface area contributed by atoms with Crippen molar-refractivity contribution in [3.63, 3.8) is 0 Å². The van der Waals surface area contributed by atoms with Gasteiger partial charge in [0.25, 0.3) is 5.76 Å². The minimum Gasteiger partial charge on any atom is -0.464 e. The van der Waals surface area contributed by atoms with Crippen molar-refractivity contribution in [1.82, 2.24) is 5.32 Å². The van der Waals surface area contributed by atoms with Crippen LogP contribution in [0.15, 0.2) is 34.7 Å². The Morgan fingerprint density at radius 2 is 1.86 bits per heavy atom. The molecule has 2 rings (SSSR count). The number of rotatable bonds is 7. The number of hydrogen-bond donors (Lipinski definition) is 1. The van der Waals surface area contributed by atoms with Gasteiger partial charge < -0.3 is 9.73 Å². The van der Waals surface area contributed by atoms with Crippen molar-refractivity contribution < 1.29 is 13.2 Å². The first-order valence-electron chi connectivity index (χ1n) is 6.79. The van der Waals surface area contributed by atoms with Gasteiger partial charge in [-0.15, -0.1) is 0 Å². The highest BCUT2D eigenvalue weighted by atomic mass is 32.2. The van der Waals surface area contributed by atoms with E-state index < -0.39 is 5.76 Å². The fourth-order valence-electron chi connectivity index (χ4n) is 2.10. The molecule has 1 aromatic carbocycles. The maximum atomic E-state index is 12.1. The summed E-state index contributed by atoms with van der Waals surface area (Å²) in [4.78, 5) is 0. The molecule has 1 aromatic heterocycles. The van der Waals surface area contributed by atoms with Gasteiger partial charge in [-0.2, -0.15) is 8.78 Å². The lowest BCUT2D eigenvalue weighted by molar-refractivity contribution is 0.251. The van der Waals surface area contributed by atoms with E-state index in [1.54, 1.807) is 6.07 Å². The zero-order chi connectivity index (χ0) is 15.2. The molecular weight excluding hydrogens is 292 g/mol. The number of benzene rings is 1. The molecule has 0 amide bonds. The first-order valence-corrected chi connectivity index (χ1v) is 7.83. The van der Waals surface area contributed by atoms with Crippen LogP contribution in [0, 0.1) is 13.8 Å². The molecule has 2 aromatic rings. The molecule has 0 aliphatic rings. The van der Waals surface area contributed by atoms with Gasteiger partial charge in [-0.25, -0.2) is 0 Å². The van der Waals surface area contributed by atoms with Gasteiger partial charge in [-0.05, 0) is 37.1 Å². The molecular formula is C16H19F2NOS. The predicted octanol–water partition coefficient (Wildman–Crippen LogP) is 4.64. The van der Waals surface area contributed by atoms with E-state index in [1.165, 1.54) is 16.7 Å². The van der Waals surface area contributed by atoms with Gasteiger partial charge >= 0.3 is 0 Å². The Kier molecular flexibility index (Phi) is 5.82. The summed E-state index contributed by atoms with van der Waals surface area (Å²) in [5.74, 6) is -0.802. The molecule has 1 N–H and O–H groups in total. The van der Waals surface area contributed by atoms with Crippen molar-refractivity contribution in [2.24, 2.45) is 0 Å². The number of nitrogens with one attached hydrogen (secondary N) is 1. The smallest absolute Gasteiger partial charge is 0.284 e. The highest BCUT2D eigenvalue weighted by Gasteiger charge is 2.07. The quantitative estimate of drug-likeness (QED) is 0.806. The zero-order valence-corrected chi connectivity index (χ0v) is 13.0. The lowest BCUT2D eigenvalue weighted by atomic mass is 10.1. The van der Waals surface area contributed by atoms with Crippen LogP contribution in [0.2, 0.25) is 0 Å². The van der Waals surface area contributed by atoms with Crippen molar-refractivity contribution in [2.75, 3.05) is 0 Å². The summed E-state index contributed by atoms with van der Waals surface area (Å²) < 4.78 is 29.7. The van der Waals surface area contributed by atoms with Gasteiger partial charge in [0.05, 0.1) is 12.3 Å². The van der Waals surface area contributed by atoms with E-state index in [0.29, 0.717) is 24.1 Å². The van der Waals surface area contributed by atoms with Gasteiger partial charge in [0, 0.05) is 6.54 Å². The third-order valence-corrected chi connectivity index (χ3v) is 3.88. The Morgan fingerprint density at radius 3 is 2.57 bits per heavy atom. The average Bonchev–Trinajstić information content (AvgIpc) is 2.87.